The van der Waals surface area contributed by atoms with Gasteiger partial charge in [-0.15, -0.1) is 0 Å². The van der Waals surface area contributed by atoms with E-state index >= 15 is 0 Å². The molecule has 5 nitrogen and oxygen atoms in total. The number of carbonyl (C=O) groups excluding carboxylic acids is 1. The van der Waals surface area contributed by atoms with E-state index < -0.39 is 15.8 Å². The lowest BCUT2D eigenvalue weighted by atomic mass is 10.1. The molecule has 2 aromatic rings. The van der Waals surface area contributed by atoms with Gasteiger partial charge in [-0.05, 0) is 29.8 Å². The lowest BCUT2D eigenvalue weighted by Gasteiger charge is -2.34. The molecule has 8 heteroatoms. The van der Waals surface area contributed by atoms with Crippen LogP contribution in [-0.2, 0) is 21.2 Å². The van der Waals surface area contributed by atoms with E-state index in [0.29, 0.717) is 13.1 Å². The first-order chi connectivity index (χ1) is 12.4. The van der Waals surface area contributed by atoms with E-state index in [4.69, 9.17) is 0 Å². The van der Waals surface area contributed by atoms with E-state index in [2.05, 4.69) is 15.9 Å². The van der Waals surface area contributed by atoms with Crippen LogP contribution in [0.2, 0.25) is 0 Å². The van der Waals surface area contributed by atoms with Crippen molar-refractivity contribution >= 4 is 31.9 Å². The van der Waals surface area contributed by atoms with Gasteiger partial charge in [0, 0.05) is 30.7 Å². The Bertz CT molecular complexity index is 895. The Kier molecular flexibility index (Phi) is 5.74. The molecule has 1 aliphatic heterocycles. The summed E-state index contributed by atoms with van der Waals surface area (Å²) in [5.41, 5.74) is 0.902. The fourth-order valence-electron chi connectivity index (χ4n) is 2.86. The highest BCUT2D eigenvalue weighted by atomic mass is 79.9. The standard InChI is InChI=1S/C18H18BrFN2O3S/c19-15-7-5-14(6-8-15)13-18(23)21-9-11-22(12-10-21)26(24,25)17-4-2-1-3-16(17)20/h1-8H,9-13H2. The quantitative estimate of drug-likeness (QED) is 0.733. The van der Waals surface area contributed by atoms with Gasteiger partial charge in [-0.3, -0.25) is 4.79 Å². The number of carbonyl (C=O) groups is 1. The molecule has 1 amide bonds. The zero-order valence-electron chi connectivity index (χ0n) is 13.9. The Balaban J connectivity index is 1.62. The highest BCUT2D eigenvalue weighted by molar-refractivity contribution is 9.10. The van der Waals surface area contributed by atoms with Crippen molar-refractivity contribution in [1.29, 1.82) is 0 Å². The van der Waals surface area contributed by atoms with Gasteiger partial charge >= 0.3 is 0 Å². The molecule has 0 saturated carbocycles. The highest BCUT2D eigenvalue weighted by Gasteiger charge is 2.31. The predicted octanol–water partition coefficient (Wildman–Crippen LogP) is 2.66. The average molecular weight is 441 g/mol. The summed E-state index contributed by atoms with van der Waals surface area (Å²) in [4.78, 5) is 13.7. The number of benzene rings is 2. The minimum absolute atomic E-state index is 0.0461. The third-order valence-electron chi connectivity index (χ3n) is 4.31. The molecule has 0 unspecified atom stereocenters. The first-order valence-electron chi connectivity index (χ1n) is 8.15. The molecule has 0 atom stereocenters. The van der Waals surface area contributed by atoms with E-state index in [-0.39, 0.29) is 30.3 Å². The van der Waals surface area contributed by atoms with Crippen molar-refractivity contribution < 1.29 is 17.6 Å². The Hall–Kier alpha value is -1.77. The lowest BCUT2D eigenvalue weighted by Crippen LogP contribution is -2.51. The largest absolute Gasteiger partial charge is 0.340 e. The first-order valence-corrected chi connectivity index (χ1v) is 10.4. The van der Waals surface area contributed by atoms with Crippen molar-refractivity contribution in [2.45, 2.75) is 11.3 Å². The van der Waals surface area contributed by atoms with Crippen molar-refractivity contribution in [2.75, 3.05) is 26.2 Å². The zero-order valence-corrected chi connectivity index (χ0v) is 16.3. The van der Waals surface area contributed by atoms with E-state index in [0.717, 1.165) is 16.1 Å². The number of hydrogen-bond donors (Lipinski definition) is 0. The summed E-state index contributed by atoms with van der Waals surface area (Å²) in [6.07, 6.45) is 0.271. The topological polar surface area (TPSA) is 57.7 Å². The SMILES string of the molecule is O=C(Cc1ccc(Br)cc1)N1CCN(S(=O)(=O)c2ccccc2F)CC1. The molecule has 0 bridgehead atoms. The van der Waals surface area contributed by atoms with Gasteiger partial charge < -0.3 is 4.90 Å². The number of nitrogens with zero attached hydrogens (tertiary/aromatic N) is 2. The van der Waals surface area contributed by atoms with Crippen molar-refractivity contribution in [3.8, 4) is 0 Å². The molecule has 2 aromatic carbocycles. The molecule has 0 N–H and O–H groups in total. The monoisotopic (exact) mass is 440 g/mol. The van der Waals surface area contributed by atoms with E-state index in [1.807, 2.05) is 24.3 Å². The van der Waals surface area contributed by atoms with Crippen LogP contribution in [-0.4, -0.2) is 49.7 Å². The van der Waals surface area contributed by atoms with Gasteiger partial charge in [-0.25, -0.2) is 12.8 Å². The summed E-state index contributed by atoms with van der Waals surface area (Å²) >= 11 is 3.35. The van der Waals surface area contributed by atoms with Crippen LogP contribution in [0.15, 0.2) is 57.9 Å². The van der Waals surface area contributed by atoms with Crippen molar-refractivity contribution in [1.82, 2.24) is 9.21 Å². The van der Waals surface area contributed by atoms with Crippen LogP contribution in [0.5, 0.6) is 0 Å². The lowest BCUT2D eigenvalue weighted by molar-refractivity contribution is -0.131. The average Bonchev–Trinajstić information content (AvgIpc) is 2.64. The molecule has 0 aromatic heterocycles. The summed E-state index contributed by atoms with van der Waals surface area (Å²) in [7, 11) is -3.89. The fraction of sp³-hybridized carbons (Fsp3) is 0.278. The first kappa shape index (κ1) is 19.0. The summed E-state index contributed by atoms with van der Waals surface area (Å²) in [6, 6.07) is 12.8. The van der Waals surface area contributed by atoms with Gasteiger partial charge in [0.15, 0.2) is 0 Å². The van der Waals surface area contributed by atoms with E-state index in [1.54, 1.807) is 4.90 Å². The number of rotatable bonds is 4. The highest BCUT2D eigenvalue weighted by Crippen LogP contribution is 2.20. The minimum Gasteiger partial charge on any atom is -0.340 e. The molecule has 1 aliphatic rings. The Labute approximate surface area is 160 Å². The second-order valence-electron chi connectivity index (χ2n) is 6.02. The van der Waals surface area contributed by atoms with Crippen LogP contribution in [0, 0.1) is 5.82 Å². The van der Waals surface area contributed by atoms with Crippen LogP contribution < -0.4 is 0 Å². The smallest absolute Gasteiger partial charge is 0.246 e. The third-order valence-corrected chi connectivity index (χ3v) is 6.77. The van der Waals surface area contributed by atoms with Crippen LogP contribution in [0.1, 0.15) is 5.56 Å². The second-order valence-corrected chi connectivity index (χ2v) is 8.84. The summed E-state index contributed by atoms with van der Waals surface area (Å²) in [5, 5.41) is 0. The van der Waals surface area contributed by atoms with Crippen LogP contribution in [0.4, 0.5) is 4.39 Å². The molecular formula is C18H18BrFN2O3S. The summed E-state index contributed by atoms with van der Waals surface area (Å²) < 4.78 is 41.2. The number of sulfonamides is 1. The van der Waals surface area contributed by atoms with Crippen LogP contribution in [0.3, 0.4) is 0 Å². The Morgan fingerprint density at radius 1 is 1.00 bits per heavy atom. The van der Waals surface area contributed by atoms with Gasteiger partial charge in [-0.1, -0.05) is 40.2 Å². The Morgan fingerprint density at radius 2 is 1.62 bits per heavy atom. The van der Waals surface area contributed by atoms with Gasteiger partial charge in [0.1, 0.15) is 10.7 Å². The molecule has 26 heavy (non-hydrogen) atoms. The number of amides is 1. The molecule has 0 radical (unpaired) electrons. The number of piperazine rings is 1. The van der Waals surface area contributed by atoms with Gasteiger partial charge in [0.05, 0.1) is 6.42 Å². The van der Waals surface area contributed by atoms with Gasteiger partial charge in [-0.2, -0.15) is 4.31 Å². The summed E-state index contributed by atoms with van der Waals surface area (Å²) in [6.45, 7) is 0.900. The molecule has 1 heterocycles. The third kappa shape index (κ3) is 4.13. The van der Waals surface area contributed by atoms with Crippen molar-refractivity contribution in [2.24, 2.45) is 0 Å². The minimum atomic E-state index is -3.89. The van der Waals surface area contributed by atoms with E-state index in [1.165, 1.54) is 22.5 Å². The maximum Gasteiger partial charge on any atom is 0.246 e. The summed E-state index contributed by atoms with van der Waals surface area (Å²) in [5.74, 6) is -0.809. The molecule has 138 valence electrons. The number of hydrogen-bond acceptors (Lipinski definition) is 3. The molecule has 1 saturated heterocycles. The zero-order chi connectivity index (χ0) is 18.7. The van der Waals surface area contributed by atoms with Gasteiger partial charge in [0.25, 0.3) is 0 Å². The Morgan fingerprint density at radius 3 is 2.23 bits per heavy atom. The second kappa shape index (κ2) is 7.85. The molecular weight excluding hydrogens is 423 g/mol. The molecule has 0 spiro atoms. The van der Waals surface area contributed by atoms with Crippen LogP contribution in [0.25, 0.3) is 0 Å². The molecule has 1 fully saturated rings. The fourth-order valence-corrected chi connectivity index (χ4v) is 4.61. The number of halogens is 2. The maximum atomic E-state index is 13.8. The normalized spacial score (nSPS) is 15.8. The predicted molar refractivity (Wildman–Crippen MR) is 99.6 cm³/mol. The van der Waals surface area contributed by atoms with Crippen molar-refractivity contribution in [3.05, 3.63) is 64.4 Å². The maximum absolute atomic E-state index is 13.8. The van der Waals surface area contributed by atoms with Crippen molar-refractivity contribution in [3.63, 3.8) is 0 Å². The molecule has 0 aliphatic carbocycles. The van der Waals surface area contributed by atoms with Gasteiger partial charge in [0.2, 0.25) is 15.9 Å². The van der Waals surface area contributed by atoms with Crippen LogP contribution >= 0.6 is 15.9 Å². The molecule has 3 rings (SSSR count). The van der Waals surface area contributed by atoms with E-state index in [9.17, 15) is 17.6 Å².